The summed E-state index contributed by atoms with van der Waals surface area (Å²) in [5.41, 5.74) is 0.930. The predicted molar refractivity (Wildman–Crippen MR) is 89.8 cm³/mol. The molecule has 23 heavy (non-hydrogen) atoms. The summed E-state index contributed by atoms with van der Waals surface area (Å²) in [4.78, 5) is 12.4. The van der Waals surface area contributed by atoms with Gasteiger partial charge in [-0.15, -0.1) is 0 Å². The maximum atomic E-state index is 12.4. The molecule has 1 aliphatic rings. The molecule has 2 aromatic carbocycles. The number of amides is 1. The summed E-state index contributed by atoms with van der Waals surface area (Å²) in [5.74, 6) is 1.18. The van der Waals surface area contributed by atoms with E-state index in [1.807, 2.05) is 62.4 Å². The highest BCUT2D eigenvalue weighted by atomic mass is 16.5. The van der Waals surface area contributed by atoms with Gasteiger partial charge in [0.1, 0.15) is 6.61 Å². The molecule has 0 radical (unpaired) electrons. The standard InChI is InChI=1S/C19H21NO3/c1-3-19(4-2)18(21)20-15-11-8-12-16(17(15)23-19)22-13-14-9-6-5-7-10-14/h5-12H,3-4,13H2,1-2H3,(H,20,21). The summed E-state index contributed by atoms with van der Waals surface area (Å²) < 4.78 is 12.0. The lowest BCUT2D eigenvalue weighted by atomic mass is 9.94. The molecule has 0 unspecified atom stereocenters. The first kappa shape index (κ1) is 15.4. The number of hydrogen-bond acceptors (Lipinski definition) is 3. The van der Waals surface area contributed by atoms with Crippen molar-refractivity contribution in [2.24, 2.45) is 0 Å². The van der Waals surface area contributed by atoms with Crippen LogP contribution in [-0.4, -0.2) is 11.5 Å². The predicted octanol–water partition coefficient (Wildman–Crippen LogP) is 4.16. The van der Waals surface area contributed by atoms with Crippen LogP contribution in [0.5, 0.6) is 11.5 Å². The molecule has 0 bridgehead atoms. The van der Waals surface area contributed by atoms with E-state index >= 15 is 0 Å². The zero-order valence-electron chi connectivity index (χ0n) is 13.5. The molecule has 1 heterocycles. The van der Waals surface area contributed by atoms with Crippen LogP contribution in [0, 0.1) is 0 Å². The molecule has 1 N–H and O–H groups in total. The number of ether oxygens (including phenoxy) is 2. The van der Waals surface area contributed by atoms with Crippen LogP contribution in [0.4, 0.5) is 5.69 Å². The Morgan fingerprint density at radius 1 is 1.04 bits per heavy atom. The highest BCUT2D eigenvalue weighted by Gasteiger charge is 2.42. The zero-order chi connectivity index (χ0) is 16.3. The Labute approximate surface area is 136 Å². The second-order valence-electron chi connectivity index (χ2n) is 5.66. The van der Waals surface area contributed by atoms with Gasteiger partial charge in [-0.2, -0.15) is 0 Å². The molecule has 0 fully saturated rings. The van der Waals surface area contributed by atoms with Gasteiger partial charge >= 0.3 is 0 Å². The number of anilines is 1. The Morgan fingerprint density at radius 3 is 2.48 bits per heavy atom. The number of rotatable bonds is 5. The van der Waals surface area contributed by atoms with Gasteiger partial charge in [-0.3, -0.25) is 4.79 Å². The molecule has 0 aromatic heterocycles. The first-order chi connectivity index (χ1) is 11.2. The van der Waals surface area contributed by atoms with Crippen LogP contribution < -0.4 is 14.8 Å². The SMILES string of the molecule is CCC1(CC)Oc2c(cccc2OCc2ccccc2)NC1=O. The molecule has 0 atom stereocenters. The van der Waals surface area contributed by atoms with Crippen molar-refractivity contribution in [3.8, 4) is 11.5 Å². The third kappa shape index (κ3) is 2.89. The molecule has 1 amide bonds. The maximum absolute atomic E-state index is 12.4. The van der Waals surface area contributed by atoms with E-state index in [2.05, 4.69) is 5.32 Å². The van der Waals surface area contributed by atoms with Crippen LogP contribution in [-0.2, 0) is 11.4 Å². The van der Waals surface area contributed by atoms with Crippen molar-refractivity contribution < 1.29 is 14.3 Å². The van der Waals surface area contributed by atoms with Crippen molar-refractivity contribution in [1.82, 2.24) is 0 Å². The third-order valence-electron chi connectivity index (χ3n) is 4.32. The summed E-state index contributed by atoms with van der Waals surface area (Å²) in [6, 6.07) is 15.5. The minimum absolute atomic E-state index is 0.0878. The normalized spacial score (nSPS) is 15.3. The lowest BCUT2D eigenvalue weighted by Gasteiger charge is -2.36. The molecule has 0 aliphatic carbocycles. The topological polar surface area (TPSA) is 47.6 Å². The van der Waals surface area contributed by atoms with Crippen molar-refractivity contribution >= 4 is 11.6 Å². The molecule has 120 valence electrons. The van der Waals surface area contributed by atoms with Crippen LogP contribution in [0.15, 0.2) is 48.5 Å². The van der Waals surface area contributed by atoms with E-state index in [1.165, 1.54) is 0 Å². The number of nitrogens with one attached hydrogen (secondary N) is 1. The van der Waals surface area contributed by atoms with Gasteiger partial charge in [0.05, 0.1) is 5.69 Å². The molecule has 0 saturated carbocycles. The Bertz CT molecular complexity index is 693. The quantitative estimate of drug-likeness (QED) is 0.902. The molecule has 3 rings (SSSR count). The average Bonchev–Trinajstić information content (AvgIpc) is 2.60. The van der Waals surface area contributed by atoms with E-state index in [-0.39, 0.29) is 5.91 Å². The number of carbonyl (C=O) groups excluding carboxylic acids is 1. The third-order valence-corrected chi connectivity index (χ3v) is 4.32. The number of fused-ring (bicyclic) bond motifs is 1. The summed E-state index contributed by atoms with van der Waals surface area (Å²) in [5, 5.41) is 2.95. The van der Waals surface area contributed by atoms with Crippen LogP contribution in [0.2, 0.25) is 0 Å². The van der Waals surface area contributed by atoms with Crippen LogP contribution >= 0.6 is 0 Å². The molecular weight excluding hydrogens is 290 g/mol. The summed E-state index contributed by atoms with van der Waals surface area (Å²) in [6.07, 6.45) is 1.23. The maximum Gasteiger partial charge on any atom is 0.268 e. The lowest BCUT2D eigenvalue weighted by molar-refractivity contribution is -0.133. The fraction of sp³-hybridized carbons (Fsp3) is 0.316. The second kappa shape index (κ2) is 6.32. The van der Waals surface area contributed by atoms with Crippen LogP contribution in [0.25, 0.3) is 0 Å². The zero-order valence-corrected chi connectivity index (χ0v) is 13.5. The Balaban J connectivity index is 1.87. The van der Waals surface area contributed by atoms with Gasteiger partial charge in [0.25, 0.3) is 5.91 Å². The van der Waals surface area contributed by atoms with Gasteiger partial charge in [0, 0.05) is 0 Å². The number of carbonyl (C=O) groups is 1. The fourth-order valence-electron chi connectivity index (χ4n) is 2.76. The molecule has 1 aliphatic heterocycles. The van der Waals surface area contributed by atoms with Crippen LogP contribution in [0.1, 0.15) is 32.3 Å². The van der Waals surface area contributed by atoms with Gasteiger partial charge in [-0.1, -0.05) is 50.2 Å². The van der Waals surface area contributed by atoms with E-state index in [0.717, 1.165) is 5.56 Å². The van der Waals surface area contributed by atoms with Crippen molar-refractivity contribution in [3.63, 3.8) is 0 Å². The van der Waals surface area contributed by atoms with E-state index in [0.29, 0.717) is 36.6 Å². The van der Waals surface area contributed by atoms with Crippen molar-refractivity contribution in [2.75, 3.05) is 5.32 Å². The lowest BCUT2D eigenvalue weighted by Crippen LogP contribution is -2.50. The van der Waals surface area contributed by atoms with Crippen molar-refractivity contribution in [2.45, 2.75) is 38.9 Å². The number of benzene rings is 2. The molecule has 0 spiro atoms. The van der Waals surface area contributed by atoms with Crippen LogP contribution in [0.3, 0.4) is 0 Å². The van der Waals surface area contributed by atoms with Crippen molar-refractivity contribution in [1.29, 1.82) is 0 Å². The minimum atomic E-state index is -0.820. The fourth-order valence-corrected chi connectivity index (χ4v) is 2.76. The minimum Gasteiger partial charge on any atom is -0.485 e. The smallest absolute Gasteiger partial charge is 0.268 e. The van der Waals surface area contributed by atoms with Crippen molar-refractivity contribution in [3.05, 3.63) is 54.1 Å². The Kier molecular flexibility index (Phi) is 4.24. The summed E-state index contributed by atoms with van der Waals surface area (Å²) >= 11 is 0. The molecular formula is C19H21NO3. The highest BCUT2D eigenvalue weighted by molar-refractivity contribution is 6.01. The van der Waals surface area contributed by atoms with E-state index < -0.39 is 5.60 Å². The second-order valence-corrected chi connectivity index (χ2v) is 5.66. The largest absolute Gasteiger partial charge is 0.485 e. The Hall–Kier alpha value is -2.49. The van der Waals surface area contributed by atoms with Gasteiger partial charge in [0.15, 0.2) is 17.1 Å². The van der Waals surface area contributed by atoms with Gasteiger partial charge < -0.3 is 14.8 Å². The van der Waals surface area contributed by atoms with E-state index in [1.54, 1.807) is 0 Å². The first-order valence-electron chi connectivity index (χ1n) is 7.98. The first-order valence-corrected chi connectivity index (χ1v) is 7.98. The van der Waals surface area contributed by atoms with E-state index in [9.17, 15) is 4.79 Å². The van der Waals surface area contributed by atoms with Gasteiger partial charge in [0.2, 0.25) is 0 Å². The molecule has 4 nitrogen and oxygen atoms in total. The van der Waals surface area contributed by atoms with Gasteiger partial charge in [-0.05, 0) is 30.5 Å². The van der Waals surface area contributed by atoms with E-state index in [4.69, 9.17) is 9.47 Å². The monoisotopic (exact) mass is 311 g/mol. The number of hydrogen-bond donors (Lipinski definition) is 1. The number of para-hydroxylation sites is 1. The average molecular weight is 311 g/mol. The Morgan fingerprint density at radius 2 is 1.78 bits per heavy atom. The molecule has 4 heteroatoms. The summed E-state index contributed by atoms with van der Waals surface area (Å²) in [6.45, 7) is 4.38. The van der Waals surface area contributed by atoms with Gasteiger partial charge in [-0.25, -0.2) is 0 Å². The highest BCUT2D eigenvalue weighted by Crippen LogP contribution is 2.43. The molecule has 0 saturated heterocycles. The molecule has 2 aromatic rings. The summed E-state index contributed by atoms with van der Waals surface area (Å²) in [7, 11) is 0.